The van der Waals surface area contributed by atoms with Crippen molar-refractivity contribution in [2.45, 2.75) is 19.8 Å². The van der Waals surface area contributed by atoms with Crippen LogP contribution in [0.4, 0.5) is 0 Å². The minimum Gasteiger partial charge on any atom is -0.437 e. The number of rotatable bonds is 4. The van der Waals surface area contributed by atoms with Gasteiger partial charge in [0.25, 0.3) is 0 Å². The Hall–Kier alpha value is -2.35. The Morgan fingerprint density at radius 3 is 2.60 bits per heavy atom. The second-order valence-electron chi connectivity index (χ2n) is 5.00. The minimum atomic E-state index is 0.691. The summed E-state index contributed by atoms with van der Waals surface area (Å²) in [6.07, 6.45) is 4.09. The summed E-state index contributed by atoms with van der Waals surface area (Å²) in [7, 11) is 0. The number of nitrogens with zero attached hydrogens (tertiary/aromatic N) is 1. The number of fused-ring (bicyclic) bond motifs is 1. The zero-order valence-corrected chi connectivity index (χ0v) is 11.5. The minimum absolute atomic E-state index is 0.691. The topological polar surface area (TPSA) is 26.0 Å². The van der Waals surface area contributed by atoms with E-state index in [0.29, 0.717) is 5.89 Å². The van der Waals surface area contributed by atoms with Gasteiger partial charge in [-0.15, -0.1) is 0 Å². The fourth-order valence-corrected chi connectivity index (χ4v) is 2.22. The summed E-state index contributed by atoms with van der Waals surface area (Å²) in [5.41, 5.74) is 4.39. The van der Waals surface area contributed by atoms with Crippen LogP contribution in [-0.4, -0.2) is 4.98 Å². The molecule has 0 aliphatic rings. The van der Waals surface area contributed by atoms with E-state index in [9.17, 15) is 0 Å². The molecule has 0 amide bonds. The highest BCUT2D eigenvalue weighted by atomic mass is 16.3. The van der Waals surface area contributed by atoms with Gasteiger partial charge in [0.15, 0.2) is 5.58 Å². The number of oxazole rings is 1. The molecular weight excluding hydrogens is 246 g/mol. The van der Waals surface area contributed by atoms with Crippen LogP contribution in [0.1, 0.15) is 24.8 Å². The van der Waals surface area contributed by atoms with E-state index < -0.39 is 0 Å². The smallest absolute Gasteiger partial charge is 0.219 e. The first-order valence-electron chi connectivity index (χ1n) is 6.88. The van der Waals surface area contributed by atoms with Gasteiger partial charge in [-0.3, -0.25) is 0 Å². The molecule has 0 radical (unpaired) electrons. The molecule has 0 aliphatic heterocycles. The number of aryl methyl sites for hydroxylation is 1. The van der Waals surface area contributed by atoms with E-state index in [0.717, 1.165) is 23.9 Å². The highest BCUT2D eigenvalue weighted by Crippen LogP contribution is 2.18. The van der Waals surface area contributed by atoms with Crippen molar-refractivity contribution >= 4 is 17.2 Å². The Balaban J connectivity index is 1.71. The third-order valence-corrected chi connectivity index (χ3v) is 3.33. The number of aromatic nitrogens is 1. The standard InChI is InChI=1S/C18H17NO/c1-14(11-12-15-7-3-2-4-8-15)13-18-19-16-9-5-6-10-17(16)20-18/h2-10,13H,11-12H2,1H3/b14-13+. The van der Waals surface area contributed by atoms with Crippen LogP contribution in [0.5, 0.6) is 0 Å². The van der Waals surface area contributed by atoms with E-state index in [4.69, 9.17) is 4.42 Å². The first-order valence-corrected chi connectivity index (χ1v) is 6.88. The van der Waals surface area contributed by atoms with Gasteiger partial charge >= 0.3 is 0 Å². The number of benzene rings is 2. The second-order valence-corrected chi connectivity index (χ2v) is 5.00. The number of allylic oxidation sites excluding steroid dienone is 1. The second kappa shape index (κ2) is 5.74. The molecule has 0 spiro atoms. The van der Waals surface area contributed by atoms with Gasteiger partial charge in [0, 0.05) is 0 Å². The van der Waals surface area contributed by atoms with Crippen molar-refractivity contribution in [1.82, 2.24) is 4.98 Å². The lowest BCUT2D eigenvalue weighted by molar-refractivity contribution is 0.588. The monoisotopic (exact) mass is 263 g/mol. The van der Waals surface area contributed by atoms with Gasteiger partial charge in [0.1, 0.15) is 5.52 Å². The van der Waals surface area contributed by atoms with Crippen molar-refractivity contribution < 1.29 is 4.42 Å². The molecule has 20 heavy (non-hydrogen) atoms. The third-order valence-electron chi connectivity index (χ3n) is 3.33. The number of para-hydroxylation sites is 2. The quantitative estimate of drug-likeness (QED) is 0.671. The number of hydrogen-bond donors (Lipinski definition) is 0. The normalized spacial score (nSPS) is 11.9. The number of hydrogen-bond acceptors (Lipinski definition) is 2. The van der Waals surface area contributed by atoms with Crippen molar-refractivity contribution in [1.29, 1.82) is 0 Å². The van der Waals surface area contributed by atoms with Crippen LogP contribution >= 0.6 is 0 Å². The average Bonchev–Trinajstić information content (AvgIpc) is 2.88. The molecule has 0 atom stereocenters. The highest BCUT2D eigenvalue weighted by Gasteiger charge is 2.02. The van der Waals surface area contributed by atoms with E-state index >= 15 is 0 Å². The maximum absolute atomic E-state index is 5.70. The van der Waals surface area contributed by atoms with E-state index in [2.05, 4.69) is 36.2 Å². The Kier molecular flexibility index (Phi) is 3.64. The highest BCUT2D eigenvalue weighted by molar-refractivity contribution is 5.73. The lowest BCUT2D eigenvalue weighted by Gasteiger charge is -2.01. The summed E-state index contributed by atoms with van der Waals surface area (Å²) in [5, 5.41) is 0. The summed E-state index contributed by atoms with van der Waals surface area (Å²) < 4.78 is 5.70. The van der Waals surface area contributed by atoms with Gasteiger partial charge in [-0.2, -0.15) is 0 Å². The Morgan fingerprint density at radius 1 is 1.05 bits per heavy atom. The van der Waals surface area contributed by atoms with Crippen LogP contribution < -0.4 is 0 Å². The predicted octanol–water partition coefficient (Wildman–Crippen LogP) is 4.86. The summed E-state index contributed by atoms with van der Waals surface area (Å²) in [5.74, 6) is 0.691. The lowest BCUT2D eigenvalue weighted by atomic mass is 10.1. The fraction of sp³-hybridized carbons (Fsp3) is 0.167. The van der Waals surface area contributed by atoms with Crippen LogP contribution in [0.25, 0.3) is 17.2 Å². The summed E-state index contributed by atoms with van der Waals surface area (Å²) in [6, 6.07) is 18.4. The van der Waals surface area contributed by atoms with Crippen molar-refractivity contribution in [3.63, 3.8) is 0 Å². The summed E-state index contributed by atoms with van der Waals surface area (Å²) in [6.45, 7) is 2.12. The fourth-order valence-electron chi connectivity index (χ4n) is 2.22. The van der Waals surface area contributed by atoms with Crippen molar-refractivity contribution in [2.75, 3.05) is 0 Å². The molecule has 0 bridgehead atoms. The lowest BCUT2D eigenvalue weighted by Crippen LogP contribution is -1.86. The molecular formula is C18H17NO. The summed E-state index contributed by atoms with van der Waals surface area (Å²) in [4.78, 5) is 4.46. The summed E-state index contributed by atoms with van der Waals surface area (Å²) >= 11 is 0. The molecule has 0 aliphatic carbocycles. The van der Waals surface area contributed by atoms with Gasteiger partial charge in [-0.25, -0.2) is 4.98 Å². The molecule has 1 aromatic heterocycles. The molecule has 0 saturated carbocycles. The first kappa shape index (κ1) is 12.7. The van der Waals surface area contributed by atoms with Gasteiger partial charge < -0.3 is 4.42 Å². The van der Waals surface area contributed by atoms with E-state index in [1.807, 2.05) is 36.4 Å². The molecule has 0 fully saturated rings. The van der Waals surface area contributed by atoms with Crippen LogP contribution in [0.15, 0.2) is 64.6 Å². The zero-order chi connectivity index (χ0) is 13.8. The molecule has 2 nitrogen and oxygen atoms in total. The maximum atomic E-state index is 5.70. The predicted molar refractivity (Wildman–Crippen MR) is 82.4 cm³/mol. The van der Waals surface area contributed by atoms with Crippen molar-refractivity contribution in [2.24, 2.45) is 0 Å². The van der Waals surface area contributed by atoms with E-state index in [1.54, 1.807) is 0 Å². The average molecular weight is 263 g/mol. The molecule has 2 aromatic carbocycles. The van der Waals surface area contributed by atoms with Gasteiger partial charge in [-0.05, 0) is 43.5 Å². The molecule has 100 valence electrons. The Morgan fingerprint density at radius 2 is 1.80 bits per heavy atom. The van der Waals surface area contributed by atoms with Crippen LogP contribution in [-0.2, 0) is 6.42 Å². The first-order chi connectivity index (χ1) is 9.81. The molecule has 2 heteroatoms. The molecule has 0 unspecified atom stereocenters. The Bertz CT molecular complexity index is 692. The van der Waals surface area contributed by atoms with Crippen LogP contribution in [0, 0.1) is 0 Å². The van der Waals surface area contributed by atoms with Gasteiger partial charge in [-0.1, -0.05) is 48.0 Å². The van der Waals surface area contributed by atoms with Crippen LogP contribution in [0.3, 0.4) is 0 Å². The molecule has 0 N–H and O–H groups in total. The zero-order valence-electron chi connectivity index (χ0n) is 11.5. The van der Waals surface area contributed by atoms with Crippen molar-refractivity contribution in [3.8, 4) is 0 Å². The van der Waals surface area contributed by atoms with E-state index in [1.165, 1.54) is 11.1 Å². The molecule has 0 saturated heterocycles. The molecule has 3 rings (SSSR count). The molecule has 1 heterocycles. The van der Waals surface area contributed by atoms with Crippen molar-refractivity contribution in [3.05, 3.63) is 71.6 Å². The third kappa shape index (κ3) is 2.97. The molecule has 3 aromatic rings. The van der Waals surface area contributed by atoms with Gasteiger partial charge in [0.05, 0.1) is 0 Å². The maximum Gasteiger partial charge on any atom is 0.219 e. The van der Waals surface area contributed by atoms with E-state index in [-0.39, 0.29) is 0 Å². The largest absolute Gasteiger partial charge is 0.437 e. The Labute approximate surface area is 118 Å². The van der Waals surface area contributed by atoms with Crippen LogP contribution in [0.2, 0.25) is 0 Å². The SMILES string of the molecule is C/C(=C\c1nc2ccccc2o1)CCc1ccccc1. The van der Waals surface area contributed by atoms with Gasteiger partial charge in [0.2, 0.25) is 5.89 Å².